The van der Waals surface area contributed by atoms with Crippen LogP contribution in [0.1, 0.15) is 5.56 Å². The summed E-state index contributed by atoms with van der Waals surface area (Å²) in [7, 11) is 1.70. The Hall–Kier alpha value is -0.550. The van der Waals surface area contributed by atoms with Crippen molar-refractivity contribution in [2.75, 3.05) is 7.05 Å². The minimum absolute atomic E-state index is 0.183. The molecule has 3 nitrogen and oxygen atoms in total. The molecule has 70 valence electrons. The van der Waals surface area contributed by atoms with E-state index in [1.807, 2.05) is 0 Å². The number of halogens is 2. The molecule has 5 heteroatoms. The van der Waals surface area contributed by atoms with Crippen LogP contribution >= 0.6 is 31.9 Å². The van der Waals surface area contributed by atoms with Crippen molar-refractivity contribution in [2.45, 2.75) is 0 Å². The Bertz CT molecular complexity index is 339. The van der Waals surface area contributed by atoms with Crippen molar-refractivity contribution in [3.05, 3.63) is 26.6 Å². The molecule has 0 spiro atoms. The normalized spacial score (nSPS) is 10.7. The van der Waals surface area contributed by atoms with Gasteiger partial charge in [0, 0.05) is 17.1 Å². The first-order valence-electron chi connectivity index (χ1n) is 3.53. The molecule has 1 aromatic rings. The molecule has 0 fully saturated rings. The molecule has 0 aromatic heterocycles. The van der Waals surface area contributed by atoms with Crippen molar-refractivity contribution in [3.8, 4) is 5.75 Å². The number of hydrogen-bond acceptors (Lipinski definition) is 3. The van der Waals surface area contributed by atoms with Gasteiger partial charge in [-0.1, -0.05) is 15.9 Å². The molecule has 0 radical (unpaired) electrons. The largest absolute Gasteiger partial charge is 0.506 e. The minimum Gasteiger partial charge on any atom is -0.506 e. The van der Waals surface area contributed by atoms with Gasteiger partial charge in [-0.25, -0.2) is 0 Å². The first-order chi connectivity index (χ1) is 6.15. The SMILES string of the molecule is CN/N=C/c1cc(Br)cc(Br)c1O. The molecule has 2 N–H and O–H groups in total. The molecule has 1 aromatic carbocycles. The van der Waals surface area contributed by atoms with Crippen LogP contribution in [0, 0.1) is 0 Å². The molecule has 0 aliphatic rings. The van der Waals surface area contributed by atoms with Gasteiger partial charge in [0.1, 0.15) is 5.75 Å². The van der Waals surface area contributed by atoms with Crippen molar-refractivity contribution < 1.29 is 5.11 Å². The molecule has 0 atom stereocenters. The Morgan fingerprint density at radius 1 is 1.46 bits per heavy atom. The van der Waals surface area contributed by atoms with Crippen LogP contribution in [0.2, 0.25) is 0 Å². The smallest absolute Gasteiger partial charge is 0.138 e. The summed E-state index contributed by atoms with van der Waals surface area (Å²) in [4.78, 5) is 0. The molecular weight excluding hydrogens is 300 g/mol. The lowest BCUT2D eigenvalue weighted by Crippen LogP contribution is -1.95. The summed E-state index contributed by atoms with van der Waals surface area (Å²) in [5.41, 5.74) is 3.26. The van der Waals surface area contributed by atoms with E-state index in [2.05, 4.69) is 42.4 Å². The van der Waals surface area contributed by atoms with E-state index in [1.165, 1.54) is 0 Å². The Balaban J connectivity index is 3.12. The lowest BCUT2D eigenvalue weighted by molar-refractivity contribution is 0.471. The summed E-state index contributed by atoms with van der Waals surface area (Å²) in [6.45, 7) is 0. The zero-order valence-electron chi connectivity index (χ0n) is 6.88. The number of rotatable bonds is 2. The minimum atomic E-state index is 0.183. The maximum absolute atomic E-state index is 9.56. The Morgan fingerprint density at radius 3 is 2.77 bits per heavy atom. The van der Waals surface area contributed by atoms with Gasteiger partial charge in [-0.05, 0) is 28.1 Å². The molecular formula is C8H8Br2N2O. The van der Waals surface area contributed by atoms with Gasteiger partial charge >= 0.3 is 0 Å². The van der Waals surface area contributed by atoms with E-state index in [1.54, 1.807) is 25.4 Å². The highest BCUT2D eigenvalue weighted by molar-refractivity contribution is 9.11. The van der Waals surface area contributed by atoms with E-state index >= 15 is 0 Å². The van der Waals surface area contributed by atoms with Gasteiger partial charge < -0.3 is 10.5 Å². The van der Waals surface area contributed by atoms with E-state index in [4.69, 9.17) is 0 Å². The molecule has 0 amide bonds. The lowest BCUT2D eigenvalue weighted by atomic mass is 10.2. The number of benzene rings is 1. The number of hydrazone groups is 1. The highest BCUT2D eigenvalue weighted by atomic mass is 79.9. The maximum atomic E-state index is 9.56. The molecule has 1 rings (SSSR count). The topological polar surface area (TPSA) is 44.6 Å². The summed E-state index contributed by atoms with van der Waals surface area (Å²) < 4.78 is 1.52. The fourth-order valence-electron chi connectivity index (χ4n) is 0.818. The van der Waals surface area contributed by atoms with Gasteiger partial charge in [-0.15, -0.1) is 0 Å². The molecule has 0 aliphatic heterocycles. The summed E-state index contributed by atoms with van der Waals surface area (Å²) in [6.07, 6.45) is 1.55. The predicted octanol–water partition coefficient (Wildman–Crippen LogP) is 2.47. The number of nitrogens with one attached hydrogen (secondary N) is 1. The molecule has 0 aliphatic carbocycles. The second kappa shape index (κ2) is 4.62. The van der Waals surface area contributed by atoms with Crippen LogP contribution in [-0.4, -0.2) is 18.4 Å². The van der Waals surface area contributed by atoms with Gasteiger partial charge in [-0.2, -0.15) is 5.10 Å². The van der Waals surface area contributed by atoms with Crippen molar-refractivity contribution in [3.63, 3.8) is 0 Å². The van der Waals surface area contributed by atoms with Gasteiger partial charge in [0.25, 0.3) is 0 Å². The Morgan fingerprint density at radius 2 is 2.15 bits per heavy atom. The summed E-state index contributed by atoms with van der Waals surface area (Å²) in [6, 6.07) is 3.55. The number of hydrogen-bond donors (Lipinski definition) is 2. The fraction of sp³-hybridized carbons (Fsp3) is 0.125. The van der Waals surface area contributed by atoms with Gasteiger partial charge in [0.05, 0.1) is 10.7 Å². The highest BCUT2D eigenvalue weighted by Crippen LogP contribution is 2.30. The number of aromatic hydroxyl groups is 1. The second-order valence-corrected chi connectivity index (χ2v) is 4.08. The molecule has 0 saturated heterocycles. The van der Waals surface area contributed by atoms with Crippen molar-refractivity contribution in [2.24, 2.45) is 5.10 Å². The van der Waals surface area contributed by atoms with Crippen LogP contribution < -0.4 is 5.43 Å². The summed E-state index contributed by atoms with van der Waals surface area (Å²) in [5.74, 6) is 0.183. The Labute approximate surface area is 93.1 Å². The third-order valence-electron chi connectivity index (χ3n) is 1.39. The fourth-order valence-corrected chi connectivity index (χ4v) is 2.08. The van der Waals surface area contributed by atoms with Crippen molar-refractivity contribution in [1.82, 2.24) is 5.43 Å². The number of nitrogens with zero attached hydrogens (tertiary/aromatic N) is 1. The van der Waals surface area contributed by atoms with Crippen LogP contribution in [0.3, 0.4) is 0 Å². The average molecular weight is 308 g/mol. The standard InChI is InChI=1S/C8H8Br2N2O/c1-11-12-4-5-2-6(9)3-7(10)8(5)13/h2-4,11,13H,1H3/b12-4+. The maximum Gasteiger partial charge on any atom is 0.138 e. The molecule has 0 saturated carbocycles. The van der Waals surface area contributed by atoms with Crippen LogP contribution in [0.5, 0.6) is 5.75 Å². The van der Waals surface area contributed by atoms with E-state index in [-0.39, 0.29) is 5.75 Å². The average Bonchev–Trinajstić information content (AvgIpc) is 2.09. The third kappa shape index (κ3) is 2.70. The third-order valence-corrected chi connectivity index (χ3v) is 2.45. The van der Waals surface area contributed by atoms with Crippen molar-refractivity contribution in [1.29, 1.82) is 0 Å². The van der Waals surface area contributed by atoms with Gasteiger partial charge in [-0.3, -0.25) is 0 Å². The quantitative estimate of drug-likeness (QED) is 0.651. The van der Waals surface area contributed by atoms with Gasteiger partial charge in [0.15, 0.2) is 0 Å². The van der Waals surface area contributed by atoms with Crippen LogP contribution in [0.4, 0.5) is 0 Å². The molecule has 0 heterocycles. The second-order valence-electron chi connectivity index (χ2n) is 2.31. The monoisotopic (exact) mass is 306 g/mol. The zero-order chi connectivity index (χ0) is 9.84. The van der Waals surface area contributed by atoms with Gasteiger partial charge in [0.2, 0.25) is 0 Å². The number of phenols is 1. The summed E-state index contributed by atoms with van der Waals surface area (Å²) in [5, 5.41) is 13.4. The molecule has 0 bridgehead atoms. The Kier molecular flexibility index (Phi) is 3.74. The number of phenolic OH excluding ortho intramolecular Hbond substituents is 1. The van der Waals surface area contributed by atoms with Crippen LogP contribution in [-0.2, 0) is 0 Å². The predicted molar refractivity (Wildman–Crippen MR) is 60.2 cm³/mol. The van der Waals surface area contributed by atoms with Crippen molar-refractivity contribution >= 4 is 38.1 Å². The van der Waals surface area contributed by atoms with E-state index in [0.717, 1.165) is 4.47 Å². The van der Waals surface area contributed by atoms with Crippen LogP contribution in [0.25, 0.3) is 0 Å². The van der Waals surface area contributed by atoms with Crippen LogP contribution in [0.15, 0.2) is 26.2 Å². The molecule has 13 heavy (non-hydrogen) atoms. The van der Waals surface area contributed by atoms with E-state index in [9.17, 15) is 5.11 Å². The first kappa shape index (κ1) is 10.5. The van der Waals surface area contributed by atoms with E-state index < -0.39 is 0 Å². The highest BCUT2D eigenvalue weighted by Gasteiger charge is 2.04. The first-order valence-corrected chi connectivity index (χ1v) is 5.11. The summed E-state index contributed by atoms with van der Waals surface area (Å²) >= 11 is 6.54. The zero-order valence-corrected chi connectivity index (χ0v) is 10.1. The molecule has 0 unspecified atom stereocenters. The lowest BCUT2D eigenvalue weighted by Gasteiger charge is -2.02. The van der Waals surface area contributed by atoms with E-state index in [0.29, 0.717) is 10.0 Å².